The van der Waals surface area contributed by atoms with Gasteiger partial charge in [0.2, 0.25) is 0 Å². The molecule has 6 heteroatoms. The Morgan fingerprint density at radius 3 is 2.77 bits per heavy atom. The summed E-state index contributed by atoms with van der Waals surface area (Å²) in [4.78, 5) is 27.8. The lowest BCUT2D eigenvalue weighted by Crippen LogP contribution is -2.33. The first-order valence-corrected chi connectivity index (χ1v) is 8.93. The number of anilines is 2. The smallest absolute Gasteiger partial charge is 0.274 e. The number of carbonyl (C=O) groups is 1. The molecule has 0 aliphatic carbocycles. The molecule has 1 fully saturated rings. The zero-order chi connectivity index (χ0) is 17.9. The Morgan fingerprint density at radius 2 is 1.92 bits per heavy atom. The van der Waals surface area contributed by atoms with Gasteiger partial charge in [0.15, 0.2) is 0 Å². The predicted molar refractivity (Wildman–Crippen MR) is 102 cm³/mol. The van der Waals surface area contributed by atoms with Crippen LogP contribution in [0.3, 0.4) is 0 Å². The number of para-hydroxylation sites is 1. The van der Waals surface area contributed by atoms with Crippen LogP contribution in [-0.2, 0) is 0 Å². The summed E-state index contributed by atoms with van der Waals surface area (Å²) in [5, 5.41) is 3.91. The number of fused-ring (bicyclic) bond motifs is 1. The van der Waals surface area contributed by atoms with E-state index in [-0.39, 0.29) is 5.91 Å². The van der Waals surface area contributed by atoms with Crippen LogP contribution in [0.25, 0.3) is 10.9 Å². The van der Waals surface area contributed by atoms with Gasteiger partial charge in [0.1, 0.15) is 17.8 Å². The van der Waals surface area contributed by atoms with Crippen LogP contribution in [0.15, 0.2) is 48.9 Å². The second-order valence-corrected chi connectivity index (χ2v) is 6.77. The highest BCUT2D eigenvalue weighted by Gasteiger charge is 2.19. The van der Waals surface area contributed by atoms with Gasteiger partial charge >= 0.3 is 0 Å². The van der Waals surface area contributed by atoms with E-state index in [0.717, 1.165) is 48.6 Å². The standard InChI is InChI=1S/C20H21N5O/c1-14-7-10-25(11-8-14)18-12-17(22-13-23-18)20(26)24-16-6-2-4-15-5-3-9-21-19(15)16/h2-6,9,12-14H,7-8,10-11H2,1H3,(H,24,26). The van der Waals surface area contributed by atoms with Crippen LogP contribution in [0.2, 0.25) is 0 Å². The Labute approximate surface area is 152 Å². The van der Waals surface area contributed by atoms with Crippen molar-refractivity contribution < 1.29 is 4.79 Å². The van der Waals surface area contributed by atoms with Gasteiger partial charge < -0.3 is 10.2 Å². The minimum absolute atomic E-state index is 0.253. The number of carbonyl (C=O) groups excluding carboxylic acids is 1. The molecule has 26 heavy (non-hydrogen) atoms. The summed E-state index contributed by atoms with van der Waals surface area (Å²) >= 11 is 0. The minimum Gasteiger partial charge on any atom is -0.356 e. The summed E-state index contributed by atoms with van der Waals surface area (Å²) in [6.45, 7) is 4.20. The van der Waals surface area contributed by atoms with Gasteiger partial charge in [0.05, 0.1) is 11.2 Å². The van der Waals surface area contributed by atoms with E-state index in [1.807, 2.05) is 30.3 Å². The normalized spacial score (nSPS) is 15.2. The summed E-state index contributed by atoms with van der Waals surface area (Å²) in [5.74, 6) is 1.31. The van der Waals surface area contributed by atoms with E-state index >= 15 is 0 Å². The number of nitrogens with one attached hydrogen (secondary N) is 1. The molecule has 0 saturated carbocycles. The lowest BCUT2D eigenvalue weighted by molar-refractivity contribution is 0.102. The van der Waals surface area contributed by atoms with Crippen LogP contribution in [0.5, 0.6) is 0 Å². The number of hydrogen-bond acceptors (Lipinski definition) is 5. The number of benzene rings is 1. The van der Waals surface area contributed by atoms with Crippen molar-refractivity contribution in [3.05, 3.63) is 54.6 Å². The fraction of sp³-hybridized carbons (Fsp3) is 0.300. The quantitative estimate of drug-likeness (QED) is 0.785. The third kappa shape index (κ3) is 3.35. The number of nitrogens with zero attached hydrogens (tertiary/aromatic N) is 4. The molecular weight excluding hydrogens is 326 g/mol. The van der Waals surface area contributed by atoms with E-state index in [1.54, 1.807) is 12.3 Å². The molecule has 1 amide bonds. The first-order valence-electron chi connectivity index (χ1n) is 8.93. The van der Waals surface area contributed by atoms with Crippen LogP contribution in [0, 0.1) is 5.92 Å². The Bertz CT molecular complexity index is 929. The fourth-order valence-corrected chi connectivity index (χ4v) is 3.27. The van der Waals surface area contributed by atoms with Crippen molar-refractivity contribution in [3.63, 3.8) is 0 Å². The average molecular weight is 347 g/mol. The highest BCUT2D eigenvalue weighted by molar-refractivity contribution is 6.07. The van der Waals surface area contributed by atoms with Crippen LogP contribution in [0.4, 0.5) is 11.5 Å². The summed E-state index contributed by atoms with van der Waals surface area (Å²) in [5.41, 5.74) is 1.81. The molecule has 0 atom stereocenters. The maximum Gasteiger partial charge on any atom is 0.274 e. The van der Waals surface area contributed by atoms with Gasteiger partial charge in [-0.25, -0.2) is 9.97 Å². The van der Waals surface area contributed by atoms with Gasteiger partial charge in [-0.15, -0.1) is 0 Å². The number of amides is 1. The SMILES string of the molecule is CC1CCN(c2cc(C(=O)Nc3cccc4cccnc34)ncn2)CC1. The number of rotatable bonds is 3. The van der Waals surface area contributed by atoms with Gasteiger partial charge in [-0.3, -0.25) is 9.78 Å². The molecule has 2 aromatic heterocycles. The summed E-state index contributed by atoms with van der Waals surface area (Å²) in [7, 11) is 0. The van der Waals surface area contributed by atoms with E-state index in [4.69, 9.17) is 0 Å². The summed E-state index contributed by atoms with van der Waals surface area (Å²) in [6, 6.07) is 11.3. The molecule has 0 radical (unpaired) electrons. The Kier molecular flexibility index (Phi) is 4.48. The van der Waals surface area contributed by atoms with Gasteiger partial charge in [0.25, 0.3) is 5.91 Å². The lowest BCUT2D eigenvalue weighted by atomic mass is 9.99. The fourth-order valence-electron chi connectivity index (χ4n) is 3.27. The summed E-state index contributed by atoms with van der Waals surface area (Å²) < 4.78 is 0. The highest BCUT2D eigenvalue weighted by Crippen LogP contribution is 2.23. The van der Waals surface area contributed by atoms with E-state index in [0.29, 0.717) is 11.4 Å². The molecular formula is C20H21N5O. The molecule has 4 rings (SSSR count). The van der Waals surface area contributed by atoms with Crippen LogP contribution in [0.1, 0.15) is 30.3 Å². The van der Waals surface area contributed by atoms with Gasteiger partial charge in [-0.1, -0.05) is 25.1 Å². The number of hydrogen-bond donors (Lipinski definition) is 1. The Morgan fingerprint density at radius 1 is 1.12 bits per heavy atom. The van der Waals surface area contributed by atoms with Crippen LogP contribution < -0.4 is 10.2 Å². The third-order valence-corrected chi connectivity index (χ3v) is 4.87. The third-order valence-electron chi connectivity index (χ3n) is 4.87. The second-order valence-electron chi connectivity index (χ2n) is 6.77. The average Bonchev–Trinajstić information content (AvgIpc) is 2.69. The number of pyridine rings is 1. The minimum atomic E-state index is -0.253. The highest BCUT2D eigenvalue weighted by atomic mass is 16.1. The van der Waals surface area contributed by atoms with Gasteiger partial charge in [-0.2, -0.15) is 0 Å². The lowest BCUT2D eigenvalue weighted by Gasteiger charge is -2.31. The van der Waals surface area contributed by atoms with E-state index in [1.165, 1.54) is 6.33 Å². The van der Waals surface area contributed by atoms with Crippen molar-refractivity contribution in [3.8, 4) is 0 Å². The molecule has 3 heterocycles. The van der Waals surface area contributed by atoms with Crippen molar-refractivity contribution in [1.29, 1.82) is 0 Å². The maximum atomic E-state index is 12.7. The van der Waals surface area contributed by atoms with E-state index in [2.05, 4.69) is 32.1 Å². The van der Waals surface area contributed by atoms with Crippen molar-refractivity contribution in [1.82, 2.24) is 15.0 Å². The first-order chi connectivity index (χ1) is 12.7. The molecule has 0 unspecified atom stereocenters. The number of aromatic nitrogens is 3. The van der Waals surface area contributed by atoms with Crippen molar-refractivity contribution in [2.45, 2.75) is 19.8 Å². The largest absolute Gasteiger partial charge is 0.356 e. The number of piperidine rings is 1. The second kappa shape index (κ2) is 7.07. The Hall–Kier alpha value is -3.02. The molecule has 6 nitrogen and oxygen atoms in total. The molecule has 3 aromatic rings. The zero-order valence-corrected chi connectivity index (χ0v) is 14.7. The van der Waals surface area contributed by atoms with Crippen molar-refractivity contribution in [2.24, 2.45) is 5.92 Å². The molecule has 132 valence electrons. The van der Waals surface area contributed by atoms with Gasteiger partial charge in [-0.05, 0) is 30.9 Å². The topological polar surface area (TPSA) is 71.0 Å². The molecule has 1 aliphatic rings. The predicted octanol–water partition coefficient (Wildman–Crippen LogP) is 3.51. The van der Waals surface area contributed by atoms with Crippen molar-refractivity contribution in [2.75, 3.05) is 23.3 Å². The van der Waals surface area contributed by atoms with Crippen LogP contribution >= 0.6 is 0 Å². The van der Waals surface area contributed by atoms with Crippen molar-refractivity contribution >= 4 is 28.3 Å². The monoisotopic (exact) mass is 347 g/mol. The van der Waals surface area contributed by atoms with Crippen LogP contribution in [-0.4, -0.2) is 33.9 Å². The van der Waals surface area contributed by atoms with Gasteiger partial charge in [0, 0.05) is 30.7 Å². The molecule has 1 N–H and O–H groups in total. The molecule has 0 bridgehead atoms. The van der Waals surface area contributed by atoms with E-state index < -0.39 is 0 Å². The molecule has 1 aromatic carbocycles. The molecule has 1 aliphatic heterocycles. The maximum absolute atomic E-state index is 12.7. The van der Waals surface area contributed by atoms with E-state index in [9.17, 15) is 4.79 Å². The Balaban J connectivity index is 1.56. The first kappa shape index (κ1) is 16.4. The molecule has 0 spiro atoms. The molecule has 1 saturated heterocycles. The zero-order valence-electron chi connectivity index (χ0n) is 14.7. The summed E-state index contributed by atoms with van der Waals surface area (Å²) in [6.07, 6.45) is 5.47.